The Hall–Kier alpha value is -2.34. The average Bonchev–Trinajstić information content (AvgIpc) is 3.11. The summed E-state index contributed by atoms with van der Waals surface area (Å²) in [7, 11) is 0. The molecule has 134 valence electrons. The second-order valence-electron chi connectivity index (χ2n) is 6.97. The molecule has 1 saturated heterocycles. The SMILES string of the molecule is CC1(C)CN(C(=O)CCc2cnc[nH]2)CC(COc2ccccc2)O1. The van der Waals surface area contributed by atoms with E-state index in [1.165, 1.54) is 0 Å². The van der Waals surface area contributed by atoms with Crippen LogP contribution < -0.4 is 4.74 Å². The van der Waals surface area contributed by atoms with Gasteiger partial charge in [0.15, 0.2) is 0 Å². The van der Waals surface area contributed by atoms with Gasteiger partial charge in [0.25, 0.3) is 0 Å². The summed E-state index contributed by atoms with van der Waals surface area (Å²) in [5, 5.41) is 0. The van der Waals surface area contributed by atoms with Crippen molar-refractivity contribution >= 4 is 5.91 Å². The van der Waals surface area contributed by atoms with E-state index in [0.717, 1.165) is 11.4 Å². The number of hydrogen-bond donors (Lipinski definition) is 1. The predicted molar refractivity (Wildman–Crippen MR) is 94.4 cm³/mol. The summed E-state index contributed by atoms with van der Waals surface area (Å²) >= 11 is 0. The molecule has 1 aliphatic rings. The molecule has 1 unspecified atom stereocenters. The molecule has 2 heterocycles. The Balaban J connectivity index is 1.55. The quantitative estimate of drug-likeness (QED) is 0.875. The number of carbonyl (C=O) groups is 1. The van der Waals surface area contributed by atoms with E-state index in [0.29, 0.717) is 32.5 Å². The lowest BCUT2D eigenvalue weighted by Crippen LogP contribution is -2.56. The van der Waals surface area contributed by atoms with Crippen LogP contribution in [-0.2, 0) is 16.0 Å². The fraction of sp³-hybridized carbons (Fsp3) is 0.474. The molecule has 0 saturated carbocycles. The van der Waals surface area contributed by atoms with Gasteiger partial charge in [0.05, 0.1) is 18.5 Å². The first-order chi connectivity index (χ1) is 12.0. The fourth-order valence-corrected chi connectivity index (χ4v) is 3.10. The van der Waals surface area contributed by atoms with Crippen molar-refractivity contribution in [3.05, 3.63) is 48.5 Å². The molecule has 1 aromatic heterocycles. The summed E-state index contributed by atoms with van der Waals surface area (Å²) in [6.45, 7) is 5.60. The van der Waals surface area contributed by atoms with Crippen molar-refractivity contribution < 1.29 is 14.3 Å². The van der Waals surface area contributed by atoms with Crippen LogP contribution in [-0.4, -0.2) is 52.2 Å². The summed E-state index contributed by atoms with van der Waals surface area (Å²) in [6, 6.07) is 9.66. The molecule has 1 atom stereocenters. The molecule has 0 radical (unpaired) electrons. The molecule has 1 fully saturated rings. The highest BCUT2D eigenvalue weighted by Gasteiger charge is 2.35. The van der Waals surface area contributed by atoms with Crippen LogP contribution in [0.15, 0.2) is 42.9 Å². The zero-order valence-electron chi connectivity index (χ0n) is 14.8. The van der Waals surface area contributed by atoms with Crippen LogP contribution in [0.4, 0.5) is 0 Å². The average molecular weight is 343 g/mol. The van der Waals surface area contributed by atoms with Crippen LogP contribution in [0, 0.1) is 0 Å². The molecule has 25 heavy (non-hydrogen) atoms. The molecule has 3 rings (SSSR count). The van der Waals surface area contributed by atoms with Crippen LogP contribution in [0.5, 0.6) is 5.75 Å². The number of hydrogen-bond acceptors (Lipinski definition) is 4. The molecule has 1 N–H and O–H groups in total. The maximum absolute atomic E-state index is 12.6. The predicted octanol–water partition coefficient (Wildman–Crippen LogP) is 2.43. The van der Waals surface area contributed by atoms with E-state index in [-0.39, 0.29) is 17.6 Å². The van der Waals surface area contributed by atoms with Crippen molar-refractivity contribution in [2.75, 3.05) is 19.7 Å². The molecular weight excluding hydrogens is 318 g/mol. The van der Waals surface area contributed by atoms with Gasteiger partial charge in [-0.25, -0.2) is 4.98 Å². The third kappa shape index (κ3) is 5.06. The van der Waals surface area contributed by atoms with Crippen LogP contribution in [0.2, 0.25) is 0 Å². The zero-order valence-corrected chi connectivity index (χ0v) is 14.8. The smallest absolute Gasteiger partial charge is 0.223 e. The van der Waals surface area contributed by atoms with Gasteiger partial charge < -0.3 is 19.4 Å². The number of para-hydroxylation sites is 1. The topological polar surface area (TPSA) is 67.5 Å². The molecule has 0 bridgehead atoms. The first kappa shape index (κ1) is 17.5. The molecular formula is C19H25N3O3. The summed E-state index contributed by atoms with van der Waals surface area (Å²) in [5.74, 6) is 0.947. The molecule has 6 heteroatoms. The Morgan fingerprint density at radius 2 is 2.20 bits per heavy atom. The van der Waals surface area contributed by atoms with E-state index in [1.54, 1.807) is 12.5 Å². The number of nitrogens with zero attached hydrogens (tertiary/aromatic N) is 2. The molecule has 1 aromatic carbocycles. The van der Waals surface area contributed by atoms with Gasteiger partial charge in [-0.1, -0.05) is 18.2 Å². The first-order valence-electron chi connectivity index (χ1n) is 8.62. The summed E-state index contributed by atoms with van der Waals surface area (Å²) in [6.07, 6.45) is 4.38. The Morgan fingerprint density at radius 1 is 1.40 bits per heavy atom. The molecule has 1 amide bonds. The van der Waals surface area contributed by atoms with E-state index >= 15 is 0 Å². The molecule has 1 aliphatic heterocycles. The number of carbonyl (C=O) groups excluding carboxylic acids is 1. The number of amides is 1. The van der Waals surface area contributed by atoms with Crippen molar-refractivity contribution in [3.63, 3.8) is 0 Å². The standard InChI is InChI=1S/C19H25N3O3/c1-19(2)13-22(18(23)9-8-15-10-20-14-21-15)11-17(25-19)12-24-16-6-4-3-5-7-16/h3-7,10,14,17H,8-9,11-13H2,1-2H3,(H,20,21). The Labute approximate surface area is 148 Å². The Kier molecular flexibility index (Phi) is 5.38. The Bertz CT molecular complexity index is 670. The molecule has 0 aliphatic carbocycles. The summed E-state index contributed by atoms with van der Waals surface area (Å²) in [5.41, 5.74) is 0.594. The number of ether oxygens (including phenoxy) is 2. The van der Waals surface area contributed by atoms with Crippen LogP contribution in [0.25, 0.3) is 0 Å². The lowest BCUT2D eigenvalue weighted by molar-refractivity contribution is -0.165. The number of morpholine rings is 1. The zero-order chi connectivity index (χ0) is 17.7. The molecule has 6 nitrogen and oxygen atoms in total. The second-order valence-corrected chi connectivity index (χ2v) is 6.97. The van der Waals surface area contributed by atoms with Crippen molar-refractivity contribution in [2.24, 2.45) is 0 Å². The summed E-state index contributed by atoms with van der Waals surface area (Å²) < 4.78 is 11.9. The first-order valence-corrected chi connectivity index (χ1v) is 8.62. The lowest BCUT2D eigenvalue weighted by atomic mass is 10.0. The minimum atomic E-state index is -0.382. The number of rotatable bonds is 6. The van der Waals surface area contributed by atoms with Gasteiger partial charge in [-0.15, -0.1) is 0 Å². The van der Waals surface area contributed by atoms with Gasteiger partial charge in [0, 0.05) is 24.9 Å². The van der Waals surface area contributed by atoms with Gasteiger partial charge in [-0.2, -0.15) is 0 Å². The highest BCUT2D eigenvalue weighted by molar-refractivity contribution is 5.76. The number of aromatic amines is 1. The largest absolute Gasteiger partial charge is 0.491 e. The minimum absolute atomic E-state index is 0.135. The number of nitrogens with one attached hydrogen (secondary N) is 1. The fourth-order valence-electron chi connectivity index (χ4n) is 3.10. The number of benzene rings is 1. The summed E-state index contributed by atoms with van der Waals surface area (Å²) in [4.78, 5) is 21.5. The van der Waals surface area contributed by atoms with E-state index in [1.807, 2.05) is 49.1 Å². The van der Waals surface area contributed by atoms with E-state index in [4.69, 9.17) is 9.47 Å². The maximum Gasteiger partial charge on any atom is 0.223 e. The Morgan fingerprint density at radius 3 is 2.92 bits per heavy atom. The van der Waals surface area contributed by atoms with Gasteiger partial charge in [0.2, 0.25) is 5.91 Å². The molecule has 0 spiro atoms. The van der Waals surface area contributed by atoms with Crippen molar-refractivity contribution in [1.82, 2.24) is 14.9 Å². The number of aromatic nitrogens is 2. The second kappa shape index (κ2) is 7.70. The number of H-pyrrole nitrogens is 1. The van der Waals surface area contributed by atoms with Crippen LogP contribution in [0.3, 0.4) is 0 Å². The third-order valence-electron chi connectivity index (χ3n) is 4.18. The highest BCUT2D eigenvalue weighted by Crippen LogP contribution is 2.23. The van der Waals surface area contributed by atoms with Crippen molar-refractivity contribution in [3.8, 4) is 5.75 Å². The van der Waals surface area contributed by atoms with Crippen LogP contribution in [0.1, 0.15) is 26.0 Å². The van der Waals surface area contributed by atoms with E-state index < -0.39 is 0 Å². The van der Waals surface area contributed by atoms with Crippen molar-refractivity contribution in [2.45, 2.75) is 38.4 Å². The van der Waals surface area contributed by atoms with E-state index in [2.05, 4.69) is 9.97 Å². The van der Waals surface area contributed by atoms with Crippen LogP contribution >= 0.6 is 0 Å². The van der Waals surface area contributed by atoms with Gasteiger partial charge >= 0.3 is 0 Å². The number of aryl methyl sites for hydroxylation is 1. The monoisotopic (exact) mass is 343 g/mol. The number of imidazole rings is 1. The minimum Gasteiger partial charge on any atom is -0.491 e. The maximum atomic E-state index is 12.6. The van der Waals surface area contributed by atoms with Gasteiger partial charge in [0.1, 0.15) is 18.5 Å². The van der Waals surface area contributed by atoms with Gasteiger partial charge in [-0.05, 0) is 32.4 Å². The van der Waals surface area contributed by atoms with Crippen molar-refractivity contribution in [1.29, 1.82) is 0 Å². The normalized spacial score (nSPS) is 19.6. The van der Waals surface area contributed by atoms with E-state index in [9.17, 15) is 4.79 Å². The molecule has 2 aromatic rings. The third-order valence-corrected chi connectivity index (χ3v) is 4.18. The van der Waals surface area contributed by atoms with Gasteiger partial charge in [-0.3, -0.25) is 4.79 Å². The lowest BCUT2D eigenvalue weighted by Gasteiger charge is -2.42. The highest BCUT2D eigenvalue weighted by atomic mass is 16.5.